The molecular formula is C18H26N2O3. The molecule has 0 spiro atoms. The van der Waals surface area contributed by atoms with E-state index in [2.05, 4.69) is 10.6 Å². The van der Waals surface area contributed by atoms with E-state index in [1.165, 1.54) is 0 Å². The quantitative estimate of drug-likeness (QED) is 0.866. The second-order valence-electron chi connectivity index (χ2n) is 6.66. The molecule has 1 unspecified atom stereocenters. The van der Waals surface area contributed by atoms with E-state index in [0.717, 1.165) is 37.2 Å². The third-order valence-electron chi connectivity index (χ3n) is 3.32. The summed E-state index contributed by atoms with van der Waals surface area (Å²) in [6.07, 6.45) is 5.79. The fraction of sp³-hybridized carbons (Fsp3) is 0.500. The van der Waals surface area contributed by atoms with Crippen molar-refractivity contribution in [1.29, 1.82) is 0 Å². The Hall–Kier alpha value is -2.01. The molecule has 1 aromatic rings. The van der Waals surface area contributed by atoms with Crippen LogP contribution in [0, 0.1) is 0 Å². The molecule has 1 aliphatic heterocycles. The summed E-state index contributed by atoms with van der Waals surface area (Å²) in [4.78, 5) is 11.7. The second kappa shape index (κ2) is 8.02. The zero-order valence-electron chi connectivity index (χ0n) is 14.1. The Balaban J connectivity index is 1.73. The molecule has 1 amide bonds. The number of amides is 1. The van der Waals surface area contributed by atoms with Crippen LogP contribution in [0.25, 0.3) is 0 Å². The lowest BCUT2D eigenvalue weighted by molar-refractivity contribution is 0.0636. The van der Waals surface area contributed by atoms with Crippen LogP contribution in [-0.4, -0.2) is 24.3 Å². The van der Waals surface area contributed by atoms with E-state index in [-0.39, 0.29) is 6.10 Å². The van der Waals surface area contributed by atoms with Crippen molar-refractivity contribution in [2.75, 3.05) is 11.9 Å². The molecule has 0 saturated heterocycles. The van der Waals surface area contributed by atoms with Crippen molar-refractivity contribution in [3.05, 3.63) is 42.2 Å². The first-order valence-corrected chi connectivity index (χ1v) is 8.02. The van der Waals surface area contributed by atoms with Crippen LogP contribution in [0.5, 0.6) is 0 Å². The summed E-state index contributed by atoms with van der Waals surface area (Å²) < 4.78 is 10.7. The number of benzene rings is 1. The highest BCUT2D eigenvalue weighted by molar-refractivity contribution is 5.84. The van der Waals surface area contributed by atoms with Crippen molar-refractivity contribution in [3.8, 4) is 0 Å². The van der Waals surface area contributed by atoms with Crippen LogP contribution in [0.3, 0.4) is 0 Å². The number of hydrogen-bond acceptors (Lipinski definition) is 4. The number of ether oxygens (including phenoxy) is 2. The molecule has 0 saturated carbocycles. The van der Waals surface area contributed by atoms with Gasteiger partial charge in [0.05, 0.1) is 6.26 Å². The Bertz CT molecular complexity index is 532. The Labute approximate surface area is 138 Å². The smallest absolute Gasteiger partial charge is 0.412 e. The monoisotopic (exact) mass is 318 g/mol. The lowest BCUT2D eigenvalue weighted by atomic mass is 10.1. The molecule has 5 nitrogen and oxygen atoms in total. The molecule has 0 aliphatic carbocycles. The van der Waals surface area contributed by atoms with Crippen molar-refractivity contribution in [2.24, 2.45) is 0 Å². The zero-order valence-corrected chi connectivity index (χ0v) is 14.1. The first-order chi connectivity index (χ1) is 10.9. The van der Waals surface area contributed by atoms with Gasteiger partial charge in [0.25, 0.3) is 0 Å². The van der Waals surface area contributed by atoms with Crippen LogP contribution < -0.4 is 10.6 Å². The van der Waals surface area contributed by atoms with Crippen LogP contribution in [0.15, 0.2) is 36.6 Å². The predicted octanol–water partition coefficient (Wildman–Crippen LogP) is 3.82. The topological polar surface area (TPSA) is 59.6 Å². The van der Waals surface area contributed by atoms with Crippen molar-refractivity contribution in [2.45, 2.75) is 51.9 Å². The summed E-state index contributed by atoms with van der Waals surface area (Å²) in [6, 6.07) is 7.73. The molecule has 1 aromatic carbocycles. The molecule has 126 valence electrons. The van der Waals surface area contributed by atoms with E-state index in [0.29, 0.717) is 0 Å². The van der Waals surface area contributed by atoms with Gasteiger partial charge in [-0.1, -0.05) is 12.1 Å². The fourth-order valence-electron chi connectivity index (χ4n) is 2.24. The predicted molar refractivity (Wildman–Crippen MR) is 91.3 cm³/mol. The first kappa shape index (κ1) is 17.3. The number of anilines is 1. The molecule has 1 heterocycles. The molecule has 1 aliphatic rings. The van der Waals surface area contributed by atoms with Crippen molar-refractivity contribution < 1.29 is 14.3 Å². The minimum Gasteiger partial charge on any atom is -0.497 e. The summed E-state index contributed by atoms with van der Waals surface area (Å²) in [6.45, 7) is 7.13. The highest BCUT2D eigenvalue weighted by atomic mass is 16.6. The number of carbonyl (C=O) groups excluding carboxylic acids is 1. The summed E-state index contributed by atoms with van der Waals surface area (Å²) in [5.41, 5.74) is 1.39. The fourth-order valence-corrected chi connectivity index (χ4v) is 2.24. The van der Waals surface area contributed by atoms with E-state index < -0.39 is 11.7 Å². The van der Waals surface area contributed by atoms with Gasteiger partial charge in [-0.25, -0.2) is 4.79 Å². The van der Waals surface area contributed by atoms with Crippen LogP contribution in [0.2, 0.25) is 0 Å². The zero-order chi connectivity index (χ0) is 16.7. The maximum absolute atomic E-state index is 11.7. The van der Waals surface area contributed by atoms with Gasteiger partial charge < -0.3 is 14.8 Å². The summed E-state index contributed by atoms with van der Waals surface area (Å²) >= 11 is 0. The van der Waals surface area contributed by atoms with Gasteiger partial charge in [-0.05, 0) is 57.4 Å². The highest BCUT2D eigenvalue weighted by Crippen LogP contribution is 2.13. The molecule has 0 bridgehead atoms. The lowest BCUT2D eigenvalue weighted by Gasteiger charge is -2.20. The molecule has 2 N–H and O–H groups in total. The maximum Gasteiger partial charge on any atom is 0.412 e. The average molecular weight is 318 g/mol. The number of hydrogen-bond donors (Lipinski definition) is 2. The number of rotatable bonds is 5. The largest absolute Gasteiger partial charge is 0.497 e. The number of carbonyl (C=O) groups is 1. The van der Waals surface area contributed by atoms with Crippen molar-refractivity contribution in [1.82, 2.24) is 5.32 Å². The lowest BCUT2D eigenvalue weighted by Crippen LogP contribution is -2.28. The number of allylic oxidation sites excluding steroid dienone is 1. The Morgan fingerprint density at radius 2 is 2.04 bits per heavy atom. The molecular weight excluding hydrogens is 292 g/mol. The molecule has 1 atom stereocenters. The molecule has 23 heavy (non-hydrogen) atoms. The van der Waals surface area contributed by atoms with E-state index in [1.807, 2.05) is 51.1 Å². The van der Waals surface area contributed by atoms with Gasteiger partial charge in [0.2, 0.25) is 0 Å². The van der Waals surface area contributed by atoms with Gasteiger partial charge in [0, 0.05) is 18.8 Å². The Kier molecular flexibility index (Phi) is 6.04. The number of nitrogens with one attached hydrogen (secondary N) is 2. The third kappa shape index (κ3) is 6.74. The van der Waals surface area contributed by atoms with E-state index in [9.17, 15) is 4.79 Å². The summed E-state index contributed by atoms with van der Waals surface area (Å²) in [5, 5.41) is 6.12. The van der Waals surface area contributed by atoms with Crippen molar-refractivity contribution >= 4 is 11.8 Å². The van der Waals surface area contributed by atoms with Crippen molar-refractivity contribution in [3.63, 3.8) is 0 Å². The SMILES string of the molecule is CC(C)(C)OC(=O)Nc1ccc(CNCC2CCC=CO2)cc1. The minimum atomic E-state index is -0.496. The van der Waals surface area contributed by atoms with Gasteiger partial charge in [-0.3, -0.25) is 5.32 Å². The van der Waals surface area contributed by atoms with E-state index in [1.54, 1.807) is 6.26 Å². The highest BCUT2D eigenvalue weighted by Gasteiger charge is 2.16. The van der Waals surface area contributed by atoms with E-state index in [4.69, 9.17) is 9.47 Å². The standard InChI is InChI=1S/C18H26N2O3/c1-18(2,3)23-17(21)20-15-9-7-14(8-10-15)12-19-13-16-6-4-5-11-22-16/h5,7-11,16,19H,4,6,12-13H2,1-3H3,(H,20,21). The first-order valence-electron chi connectivity index (χ1n) is 8.02. The minimum absolute atomic E-state index is 0.258. The molecule has 0 aromatic heterocycles. The maximum atomic E-state index is 11.7. The van der Waals surface area contributed by atoms with Crippen LogP contribution in [-0.2, 0) is 16.0 Å². The van der Waals surface area contributed by atoms with Gasteiger partial charge in [-0.2, -0.15) is 0 Å². The molecule has 0 radical (unpaired) electrons. The van der Waals surface area contributed by atoms with Gasteiger partial charge in [-0.15, -0.1) is 0 Å². The third-order valence-corrected chi connectivity index (χ3v) is 3.32. The van der Waals surface area contributed by atoms with Crippen LogP contribution in [0.1, 0.15) is 39.2 Å². The Morgan fingerprint density at radius 3 is 2.65 bits per heavy atom. The van der Waals surface area contributed by atoms with Crippen LogP contribution >= 0.6 is 0 Å². The van der Waals surface area contributed by atoms with Gasteiger partial charge in [0.15, 0.2) is 0 Å². The molecule has 5 heteroatoms. The normalized spacial score (nSPS) is 17.4. The van der Waals surface area contributed by atoms with E-state index >= 15 is 0 Å². The average Bonchev–Trinajstić information content (AvgIpc) is 2.48. The Morgan fingerprint density at radius 1 is 1.30 bits per heavy atom. The van der Waals surface area contributed by atoms with Crippen LogP contribution in [0.4, 0.5) is 10.5 Å². The second-order valence-corrected chi connectivity index (χ2v) is 6.66. The van der Waals surface area contributed by atoms with Gasteiger partial charge >= 0.3 is 6.09 Å². The molecule has 0 fully saturated rings. The van der Waals surface area contributed by atoms with Gasteiger partial charge in [0.1, 0.15) is 11.7 Å². The summed E-state index contributed by atoms with van der Waals surface area (Å²) in [5.74, 6) is 0. The molecule has 2 rings (SSSR count). The summed E-state index contributed by atoms with van der Waals surface area (Å²) in [7, 11) is 0.